The van der Waals surface area contributed by atoms with Gasteiger partial charge < -0.3 is 0 Å². The van der Waals surface area contributed by atoms with E-state index < -0.39 is 0 Å². The molecule has 1 aliphatic carbocycles. The summed E-state index contributed by atoms with van der Waals surface area (Å²) in [5.41, 5.74) is 6.58. The summed E-state index contributed by atoms with van der Waals surface area (Å²) in [7, 11) is 0. The molecule has 1 atom stereocenters. The second kappa shape index (κ2) is 10.2. The number of allylic oxidation sites excluding steroid dienone is 2. The zero-order valence-electron chi connectivity index (χ0n) is 16.9. The molecule has 0 saturated heterocycles. The molecule has 0 heteroatoms. The Labute approximate surface area is 165 Å². The third-order valence-corrected chi connectivity index (χ3v) is 5.57. The van der Waals surface area contributed by atoms with Gasteiger partial charge in [0.1, 0.15) is 0 Å². The van der Waals surface area contributed by atoms with Crippen molar-refractivity contribution in [3.63, 3.8) is 0 Å². The summed E-state index contributed by atoms with van der Waals surface area (Å²) in [6.45, 7) is 4.54. The van der Waals surface area contributed by atoms with Gasteiger partial charge in [0.15, 0.2) is 0 Å². The summed E-state index contributed by atoms with van der Waals surface area (Å²) in [6, 6.07) is 17.5. The second-order valence-electron chi connectivity index (χ2n) is 7.75. The van der Waals surface area contributed by atoms with Gasteiger partial charge in [-0.15, -0.1) is 0 Å². The molecule has 2 aromatic rings. The molecular formula is C27H32. The highest BCUT2D eigenvalue weighted by molar-refractivity contribution is 5.68. The molecule has 0 aliphatic heterocycles. The number of hydrogen-bond donors (Lipinski definition) is 0. The number of rotatable bonds is 6. The van der Waals surface area contributed by atoms with Crippen LogP contribution in [0.3, 0.4) is 0 Å². The zero-order chi connectivity index (χ0) is 18.9. The average Bonchev–Trinajstić information content (AvgIpc) is 2.72. The first-order valence-corrected chi connectivity index (χ1v) is 10.7. The minimum atomic E-state index is 0.881. The minimum absolute atomic E-state index is 0.881. The normalized spacial score (nSPS) is 16.4. The third kappa shape index (κ3) is 5.61. The maximum Gasteiger partial charge on any atom is 0.0252 e. The molecule has 0 heterocycles. The second-order valence-corrected chi connectivity index (χ2v) is 7.75. The summed E-state index contributed by atoms with van der Waals surface area (Å²) in [6.07, 6.45) is 12.3. The quantitative estimate of drug-likeness (QED) is 0.468. The lowest BCUT2D eigenvalue weighted by Crippen LogP contribution is -2.04. The van der Waals surface area contributed by atoms with Crippen LogP contribution in [-0.4, -0.2) is 0 Å². The molecule has 1 unspecified atom stereocenters. The van der Waals surface area contributed by atoms with Gasteiger partial charge >= 0.3 is 0 Å². The lowest BCUT2D eigenvalue weighted by atomic mass is 9.87. The molecule has 0 amide bonds. The SMILES string of the molecule is CCCCc1cc(C#CC2=CCC(CCC)CC2)ccc1-c1ccccc1. The lowest BCUT2D eigenvalue weighted by Gasteiger charge is -2.18. The number of unbranched alkanes of at least 4 members (excludes halogenated alkanes) is 1. The fourth-order valence-electron chi connectivity index (χ4n) is 3.97. The molecular weight excluding hydrogens is 324 g/mol. The molecule has 0 saturated carbocycles. The van der Waals surface area contributed by atoms with E-state index in [-0.39, 0.29) is 0 Å². The van der Waals surface area contributed by atoms with Crippen molar-refractivity contribution in [2.75, 3.05) is 0 Å². The maximum absolute atomic E-state index is 3.45. The van der Waals surface area contributed by atoms with Gasteiger partial charge in [-0.1, -0.05) is 87.4 Å². The average molecular weight is 357 g/mol. The van der Waals surface area contributed by atoms with Crippen LogP contribution in [0.4, 0.5) is 0 Å². The van der Waals surface area contributed by atoms with Crippen LogP contribution in [0.5, 0.6) is 0 Å². The monoisotopic (exact) mass is 356 g/mol. The summed E-state index contributed by atoms with van der Waals surface area (Å²) in [4.78, 5) is 0. The Morgan fingerprint density at radius 1 is 0.963 bits per heavy atom. The Balaban J connectivity index is 1.79. The van der Waals surface area contributed by atoms with E-state index in [1.807, 2.05) is 0 Å². The minimum Gasteiger partial charge on any atom is -0.0726 e. The molecule has 140 valence electrons. The van der Waals surface area contributed by atoms with Crippen molar-refractivity contribution in [2.24, 2.45) is 5.92 Å². The Kier molecular flexibility index (Phi) is 7.35. The lowest BCUT2D eigenvalue weighted by molar-refractivity contribution is 0.436. The van der Waals surface area contributed by atoms with E-state index in [1.165, 1.54) is 60.8 Å². The standard InChI is InChI=1S/C27H32/c1-3-5-10-26-21-24(19-20-27(26)25-11-7-6-8-12-25)18-17-23-15-13-22(9-4-2)14-16-23/h6-8,11-12,15,19-22H,3-5,9-10,13-14,16H2,1-2H3. The summed E-state index contributed by atoms with van der Waals surface area (Å²) >= 11 is 0. The van der Waals surface area contributed by atoms with Gasteiger partial charge in [0.25, 0.3) is 0 Å². The Morgan fingerprint density at radius 3 is 2.52 bits per heavy atom. The van der Waals surface area contributed by atoms with Crippen LogP contribution in [-0.2, 0) is 6.42 Å². The summed E-state index contributed by atoms with van der Waals surface area (Å²) in [5, 5.41) is 0. The highest BCUT2D eigenvalue weighted by Crippen LogP contribution is 2.28. The van der Waals surface area contributed by atoms with Crippen LogP contribution in [0.15, 0.2) is 60.2 Å². The first-order valence-electron chi connectivity index (χ1n) is 10.7. The van der Waals surface area contributed by atoms with Crippen LogP contribution >= 0.6 is 0 Å². The molecule has 0 bridgehead atoms. The van der Waals surface area contributed by atoms with E-state index in [0.717, 1.165) is 24.3 Å². The predicted molar refractivity (Wildman–Crippen MR) is 118 cm³/mol. The van der Waals surface area contributed by atoms with Gasteiger partial charge in [-0.3, -0.25) is 0 Å². The fraction of sp³-hybridized carbons (Fsp3) is 0.407. The molecule has 0 N–H and O–H groups in total. The molecule has 0 spiro atoms. The molecule has 2 aromatic carbocycles. The third-order valence-electron chi connectivity index (χ3n) is 5.57. The van der Waals surface area contributed by atoms with Gasteiger partial charge in [0, 0.05) is 5.56 Å². The van der Waals surface area contributed by atoms with Gasteiger partial charge in [-0.2, -0.15) is 0 Å². The van der Waals surface area contributed by atoms with Crippen LogP contribution in [0.25, 0.3) is 11.1 Å². The molecule has 0 aromatic heterocycles. The van der Waals surface area contributed by atoms with E-state index in [2.05, 4.69) is 80.3 Å². The first kappa shape index (κ1) is 19.5. The van der Waals surface area contributed by atoms with E-state index in [1.54, 1.807) is 0 Å². The molecule has 3 rings (SSSR count). The van der Waals surface area contributed by atoms with Crippen molar-refractivity contribution < 1.29 is 0 Å². The summed E-state index contributed by atoms with van der Waals surface area (Å²) in [5.74, 6) is 7.77. The number of hydrogen-bond acceptors (Lipinski definition) is 0. The zero-order valence-corrected chi connectivity index (χ0v) is 16.9. The molecule has 0 nitrogen and oxygen atoms in total. The van der Waals surface area contributed by atoms with Crippen LogP contribution in [0, 0.1) is 17.8 Å². The van der Waals surface area contributed by atoms with Gasteiger partial charge in [-0.05, 0) is 72.4 Å². The highest BCUT2D eigenvalue weighted by Gasteiger charge is 2.12. The van der Waals surface area contributed by atoms with E-state index in [0.29, 0.717) is 0 Å². The summed E-state index contributed by atoms with van der Waals surface area (Å²) < 4.78 is 0. The topological polar surface area (TPSA) is 0 Å². The first-order chi connectivity index (χ1) is 13.3. The van der Waals surface area contributed by atoms with Crippen LogP contribution in [0.2, 0.25) is 0 Å². The van der Waals surface area contributed by atoms with Crippen molar-refractivity contribution in [1.29, 1.82) is 0 Å². The highest BCUT2D eigenvalue weighted by atomic mass is 14.2. The van der Waals surface area contributed by atoms with Gasteiger partial charge in [-0.25, -0.2) is 0 Å². The largest absolute Gasteiger partial charge is 0.0726 e. The Hall–Kier alpha value is -2.26. The van der Waals surface area contributed by atoms with Crippen molar-refractivity contribution in [3.05, 3.63) is 71.3 Å². The predicted octanol–water partition coefficient (Wildman–Crippen LogP) is 7.57. The smallest absolute Gasteiger partial charge is 0.0252 e. The van der Waals surface area contributed by atoms with Gasteiger partial charge in [0.2, 0.25) is 0 Å². The van der Waals surface area contributed by atoms with Gasteiger partial charge in [0.05, 0.1) is 0 Å². The van der Waals surface area contributed by atoms with Crippen molar-refractivity contribution in [3.8, 4) is 23.0 Å². The van der Waals surface area contributed by atoms with E-state index in [4.69, 9.17) is 0 Å². The molecule has 1 aliphatic rings. The van der Waals surface area contributed by atoms with Crippen LogP contribution < -0.4 is 0 Å². The fourth-order valence-corrected chi connectivity index (χ4v) is 3.97. The number of benzene rings is 2. The molecule has 27 heavy (non-hydrogen) atoms. The van der Waals surface area contributed by atoms with E-state index in [9.17, 15) is 0 Å². The molecule has 0 radical (unpaired) electrons. The Bertz CT molecular complexity index is 814. The van der Waals surface area contributed by atoms with Crippen LogP contribution in [0.1, 0.15) is 69.9 Å². The van der Waals surface area contributed by atoms with Crippen molar-refractivity contribution >= 4 is 0 Å². The van der Waals surface area contributed by atoms with Crippen molar-refractivity contribution in [2.45, 2.75) is 65.2 Å². The van der Waals surface area contributed by atoms with Crippen molar-refractivity contribution in [1.82, 2.24) is 0 Å². The number of aryl methyl sites for hydroxylation is 1. The maximum atomic E-state index is 3.45. The molecule has 0 fully saturated rings. The Morgan fingerprint density at radius 2 is 1.81 bits per heavy atom. The van der Waals surface area contributed by atoms with E-state index >= 15 is 0 Å².